The molecule has 0 amide bonds. The van der Waals surface area contributed by atoms with Crippen molar-refractivity contribution in [1.82, 2.24) is 19.2 Å². The average molecular weight is 497 g/mol. The van der Waals surface area contributed by atoms with Gasteiger partial charge in [0, 0.05) is 18.8 Å². The number of imidazole rings is 1. The van der Waals surface area contributed by atoms with Crippen molar-refractivity contribution in [3.05, 3.63) is 102 Å². The van der Waals surface area contributed by atoms with E-state index in [0.717, 1.165) is 33.7 Å². The van der Waals surface area contributed by atoms with E-state index in [9.17, 15) is 4.79 Å². The van der Waals surface area contributed by atoms with Crippen LogP contribution >= 0.6 is 0 Å². The van der Waals surface area contributed by atoms with E-state index in [-0.39, 0.29) is 6.42 Å². The van der Waals surface area contributed by atoms with E-state index in [0.29, 0.717) is 37.7 Å². The molecular weight excluding hydrogens is 468 g/mol. The highest BCUT2D eigenvalue weighted by molar-refractivity contribution is 5.67. The number of rotatable bonds is 11. The van der Waals surface area contributed by atoms with Gasteiger partial charge in [0.1, 0.15) is 12.3 Å². The maximum absolute atomic E-state index is 10.8. The highest BCUT2D eigenvalue weighted by Crippen LogP contribution is 2.30. The third-order valence-corrected chi connectivity index (χ3v) is 5.95. The molecule has 0 fully saturated rings. The first-order valence-corrected chi connectivity index (χ1v) is 12.2. The predicted molar refractivity (Wildman–Crippen MR) is 140 cm³/mol. The van der Waals surface area contributed by atoms with Gasteiger partial charge in [0.05, 0.1) is 30.7 Å². The zero-order chi connectivity index (χ0) is 25.6. The molecule has 0 saturated carbocycles. The lowest BCUT2D eigenvalue weighted by molar-refractivity contribution is -0.136. The van der Waals surface area contributed by atoms with Gasteiger partial charge in [-0.05, 0) is 54.3 Å². The molecule has 0 spiro atoms. The zero-order valence-electron chi connectivity index (χ0n) is 20.6. The smallest absolute Gasteiger partial charge is 0.303 e. The lowest BCUT2D eigenvalue weighted by Crippen LogP contribution is -2.03. The molecule has 8 heteroatoms. The maximum atomic E-state index is 10.8. The number of carboxylic acids is 1. The first-order chi connectivity index (χ1) is 18.1. The van der Waals surface area contributed by atoms with E-state index >= 15 is 0 Å². The molecule has 5 aromatic rings. The van der Waals surface area contributed by atoms with Crippen LogP contribution in [0.15, 0.2) is 85.3 Å². The first kappa shape index (κ1) is 24.1. The molecule has 188 valence electrons. The SMILES string of the molecule is CCOc1cc(Cn2cc(CCC(=O)O)cn2)ccc1OCc1cn2c(-c3ccccc3)cccc2n1. The highest BCUT2D eigenvalue weighted by atomic mass is 16.5. The fourth-order valence-corrected chi connectivity index (χ4v) is 4.23. The fourth-order valence-electron chi connectivity index (χ4n) is 4.23. The van der Waals surface area contributed by atoms with Crippen LogP contribution in [-0.4, -0.2) is 36.8 Å². The van der Waals surface area contributed by atoms with E-state index in [1.54, 1.807) is 10.9 Å². The molecule has 3 heterocycles. The van der Waals surface area contributed by atoms with Gasteiger partial charge in [-0.1, -0.05) is 42.5 Å². The standard InChI is InChI=1S/C29H28N4O4/c1-2-36-27-15-21(17-32-18-22(16-30-32)12-14-29(34)35)11-13-26(27)37-20-24-19-33-25(9-6-10-28(33)31-24)23-7-4-3-5-8-23/h3-11,13,15-16,18-19H,2,12,14,17,20H2,1H3,(H,34,35). The van der Waals surface area contributed by atoms with Gasteiger partial charge in [-0.25, -0.2) is 4.98 Å². The number of hydrogen-bond donors (Lipinski definition) is 1. The second-order valence-electron chi connectivity index (χ2n) is 8.68. The zero-order valence-corrected chi connectivity index (χ0v) is 20.6. The summed E-state index contributed by atoms with van der Waals surface area (Å²) >= 11 is 0. The third-order valence-electron chi connectivity index (χ3n) is 5.95. The monoisotopic (exact) mass is 496 g/mol. The molecule has 0 atom stereocenters. The minimum absolute atomic E-state index is 0.0894. The van der Waals surface area contributed by atoms with Crippen LogP contribution in [0.2, 0.25) is 0 Å². The number of aryl methyl sites for hydroxylation is 1. The highest BCUT2D eigenvalue weighted by Gasteiger charge is 2.11. The topological polar surface area (TPSA) is 90.9 Å². The number of nitrogens with zero attached hydrogens (tertiary/aromatic N) is 4. The minimum Gasteiger partial charge on any atom is -0.490 e. The quantitative estimate of drug-likeness (QED) is 0.269. The number of aliphatic carboxylic acids is 1. The molecule has 8 nitrogen and oxygen atoms in total. The Bertz CT molecular complexity index is 1510. The van der Waals surface area contributed by atoms with Crippen molar-refractivity contribution in [2.45, 2.75) is 32.9 Å². The number of carbonyl (C=O) groups is 1. The summed E-state index contributed by atoms with van der Waals surface area (Å²) in [6.07, 6.45) is 6.14. The van der Waals surface area contributed by atoms with Gasteiger partial charge in [-0.2, -0.15) is 5.10 Å². The van der Waals surface area contributed by atoms with E-state index in [1.807, 2.05) is 67.8 Å². The van der Waals surface area contributed by atoms with Crippen molar-refractivity contribution in [3.63, 3.8) is 0 Å². The Morgan fingerprint density at radius 2 is 1.81 bits per heavy atom. The van der Waals surface area contributed by atoms with Crippen LogP contribution in [0.25, 0.3) is 16.9 Å². The van der Waals surface area contributed by atoms with Crippen LogP contribution in [0.4, 0.5) is 0 Å². The molecule has 0 aliphatic rings. The molecular formula is C29H28N4O4. The maximum Gasteiger partial charge on any atom is 0.303 e. The summed E-state index contributed by atoms with van der Waals surface area (Å²) < 4.78 is 15.9. The van der Waals surface area contributed by atoms with Gasteiger partial charge in [0.25, 0.3) is 0 Å². The number of carboxylic acid groups (broad SMARTS) is 1. The molecule has 0 bridgehead atoms. The van der Waals surface area contributed by atoms with Gasteiger partial charge in [0.2, 0.25) is 0 Å². The number of pyridine rings is 1. The Hall–Kier alpha value is -4.59. The fraction of sp³-hybridized carbons (Fsp3) is 0.207. The summed E-state index contributed by atoms with van der Waals surface area (Å²) in [5.74, 6) is 0.491. The Morgan fingerprint density at radius 1 is 0.946 bits per heavy atom. The summed E-state index contributed by atoms with van der Waals surface area (Å²) in [4.78, 5) is 15.5. The second-order valence-corrected chi connectivity index (χ2v) is 8.68. The Balaban J connectivity index is 1.30. The lowest BCUT2D eigenvalue weighted by Gasteiger charge is -2.13. The van der Waals surface area contributed by atoms with Crippen molar-refractivity contribution < 1.29 is 19.4 Å². The van der Waals surface area contributed by atoms with Crippen LogP contribution in [0.3, 0.4) is 0 Å². The number of aromatic nitrogens is 4. The van der Waals surface area contributed by atoms with Crippen molar-refractivity contribution in [2.24, 2.45) is 0 Å². The Kier molecular flexibility index (Phi) is 7.16. The summed E-state index contributed by atoms with van der Waals surface area (Å²) in [7, 11) is 0. The molecule has 0 aliphatic heterocycles. The van der Waals surface area contributed by atoms with Crippen LogP contribution in [0, 0.1) is 0 Å². The summed E-state index contributed by atoms with van der Waals surface area (Å²) in [6, 6.07) is 22.1. The van der Waals surface area contributed by atoms with Crippen molar-refractivity contribution in [2.75, 3.05) is 6.61 Å². The van der Waals surface area contributed by atoms with Gasteiger partial charge in [-0.15, -0.1) is 0 Å². The van der Waals surface area contributed by atoms with Gasteiger partial charge in [0.15, 0.2) is 11.5 Å². The van der Waals surface area contributed by atoms with Gasteiger partial charge in [-0.3, -0.25) is 13.9 Å². The first-order valence-electron chi connectivity index (χ1n) is 12.2. The molecule has 0 aliphatic carbocycles. The number of benzene rings is 2. The summed E-state index contributed by atoms with van der Waals surface area (Å²) in [5.41, 5.74) is 5.78. The Morgan fingerprint density at radius 3 is 2.62 bits per heavy atom. The van der Waals surface area contributed by atoms with Crippen molar-refractivity contribution in [3.8, 4) is 22.8 Å². The van der Waals surface area contributed by atoms with Crippen LogP contribution < -0.4 is 9.47 Å². The number of ether oxygens (including phenoxy) is 2. The second kappa shape index (κ2) is 11.0. The Labute approximate surface area is 214 Å². The van der Waals surface area contributed by atoms with E-state index in [2.05, 4.69) is 27.7 Å². The molecule has 2 aromatic carbocycles. The van der Waals surface area contributed by atoms with E-state index < -0.39 is 5.97 Å². The van der Waals surface area contributed by atoms with Gasteiger partial charge >= 0.3 is 5.97 Å². The van der Waals surface area contributed by atoms with Crippen LogP contribution in [-0.2, 0) is 24.4 Å². The van der Waals surface area contributed by atoms with Crippen molar-refractivity contribution >= 4 is 11.6 Å². The van der Waals surface area contributed by atoms with E-state index in [4.69, 9.17) is 19.6 Å². The molecule has 5 rings (SSSR count). The summed E-state index contributed by atoms with van der Waals surface area (Å²) in [6.45, 7) is 3.30. The molecule has 0 saturated heterocycles. The van der Waals surface area contributed by atoms with Gasteiger partial charge < -0.3 is 14.6 Å². The molecule has 3 aromatic heterocycles. The van der Waals surface area contributed by atoms with Crippen LogP contribution in [0.1, 0.15) is 30.2 Å². The molecule has 1 N–H and O–H groups in total. The van der Waals surface area contributed by atoms with Crippen LogP contribution in [0.5, 0.6) is 11.5 Å². The summed E-state index contributed by atoms with van der Waals surface area (Å²) in [5, 5.41) is 13.2. The van der Waals surface area contributed by atoms with Crippen molar-refractivity contribution in [1.29, 1.82) is 0 Å². The molecule has 37 heavy (non-hydrogen) atoms. The minimum atomic E-state index is -0.815. The number of hydrogen-bond acceptors (Lipinski definition) is 5. The van der Waals surface area contributed by atoms with E-state index in [1.165, 1.54) is 0 Å². The number of fused-ring (bicyclic) bond motifs is 1. The molecule has 0 unspecified atom stereocenters. The third kappa shape index (κ3) is 5.81. The lowest BCUT2D eigenvalue weighted by atomic mass is 10.1. The predicted octanol–water partition coefficient (Wildman–Crippen LogP) is 5.24. The largest absolute Gasteiger partial charge is 0.490 e. The average Bonchev–Trinajstić information content (AvgIpc) is 3.54. The normalized spacial score (nSPS) is 11.1. The molecule has 0 radical (unpaired) electrons.